The van der Waals surface area contributed by atoms with Gasteiger partial charge in [-0.15, -0.1) is 0 Å². The van der Waals surface area contributed by atoms with Gasteiger partial charge in [-0.05, 0) is 43.9 Å². The lowest BCUT2D eigenvalue weighted by molar-refractivity contribution is 0.459. The van der Waals surface area contributed by atoms with Gasteiger partial charge in [0.05, 0.1) is 5.02 Å². The minimum Gasteiger partial charge on any atom is -0.367 e. The van der Waals surface area contributed by atoms with Crippen molar-refractivity contribution in [1.29, 1.82) is 0 Å². The Morgan fingerprint density at radius 3 is 2.84 bits per heavy atom. The van der Waals surface area contributed by atoms with Crippen LogP contribution in [0.5, 0.6) is 0 Å². The summed E-state index contributed by atoms with van der Waals surface area (Å²) in [5, 5.41) is 8.63. The van der Waals surface area contributed by atoms with Crippen molar-refractivity contribution >= 4 is 40.1 Å². The van der Waals surface area contributed by atoms with Crippen molar-refractivity contribution in [1.82, 2.24) is 15.1 Å². The van der Waals surface area contributed by atoms with Crippen molar-refractivity contribution in [3.63, 3.8) is 0 Å². The summed E-state index contributed by atoms with van der Waals surface area (Å²) < 4.78 is 5.54. The van der Waals surface area contributed by atoms with Crippen LogP contribution in [0.15, 0.2) is 22.7 Å². The molecular weight excluding hydrogens is 359 g/mol. The molecule has 25 heavy (non-hydrogen) atoms. The zero-order valence-corrected chi connectivity index (χ0v) is 15.4. The molecule has 1 aromatic carbocycles. The van der Waals surface area contributed by atoms with E-state index in [4.69, 9.17) is 27.7 Å². The van der Waals surface area contributed by atoms with Gasteiger partial charge in [-0.25, -0.2) is 9.97 Å². The van der Waals surface area contributed by atoms with E-state index in [0.717, 1.165) is 24.4 Å². The Morgan fingerprint density at radius 1 is 1.24 bits per heavy atom. The number of fused-ring (bicyclic) bond motifs is 1. The monoisotopic (exact) mass is 376 g/mol. The maximum Gasteiger partial charge on any atom is 0.228 e. The molecule has 4 rings (SSSR count). The van der Waals surface area contributed by atoms with Crippen molar-refractivity contribution in [2.45, 2.75) is 32.6 Å². The molecular formula is C18H18Cl2N4O. The predicted molar refractivity (Wildman–Crippen MR) is 100 cm³/mol. The van der Waals surface area contributed by atoms with Crippen molar-refractivity contribution in [3.05, 3.63) is 34.1 Å². The van der Waals surface area contributed by atoms with Crippen LogP contribution in [0.2, 0.25) is 10.0 Å². The number of rotatable bonds is 6. The fourth-order valence-corrected chi connectivity index (χ4v) is 3.42. The van der Waals surface area contributed by atoms with E-state index in [1.54, 1.807) is 12.1 Å². The number of aryl methyl sites for hydroxylation is 1. The average molecular weight is 377 g/mol. The summed E-state index contributed by atoms with van der Waals surface area (Å²) in [7, 11) is 0. The molecule has 0 unspecified atom stereocenters. The molecule has 3 aromatic rings. The first-order valence-electron chi connectivity index (χ1n) is 8.45. The zero-order valence-electron chi connectivity index (χ0n) is 13.9. The molecule has 2 aromatic heterocycles. The zero-order chi connectivity index (χ0) is 17.4. The second kappa shape index (κ2) is 6.81. The molecule has 1 N–H and O–H groups in total. The molecule has 5 nitrogen and oxygen atoms in total. The molecule has 1 fully saturated rings. The van der Waals surface area contributed by atoms with Crippen LogP contribution in [0.1, 0.15) is 31.5 Å². The summed E-state index contributed by atoms with van der Waals surface area (Å²) in [6.45, 7) is 2.72. The van der Waals surface area contributed by atoms with Crippen LogP contribution in [0.3, 0.4) is 0 Å². The van der Waals surface area contributed by atoms with E-state index in [0.29, 0.717) is 38.5 Å². The number of anilines is 1. The summed E-state index contributed by atoms with van der Waals surface area (Å²) in [5.41, 5.74) is 2.55. The normalized spacial score (nSPS) is 14.2. The molecule has 0 atom stereocenters. The smallest absolute Gasteiger partial charge is 0.228 e. The number of hydrogen-bond acceptors (Lipinski definition) is 5. The maximum atomic E-state index is 6.31. The SMILES string of the molecule is Cc1nc(NCCCC2CC2)c2onc(-c3ccc(Cl)cc3Cl)c2n1. The predicted octanol–water partition coefficient (Wildman–Crippen LogP) is 5.50. The fraction of sp³-hybridized carbons (Fsp3) is 0.389. The van der Waals surface area contributed by atoms with Crippen LogP contribution < -0.4 is 5.32 Å². The molecule has 2 heterocycles. The molecule has 7 heteroatoms. The summed E-state index contributed by atoms with van der Waals surface area (Å²) in [6, 6.07) is 5.28. The fourth-order valence-electron chi connectivity index (χ4n) is 2.93. The molecule has 130 valence electrons. The standard InChI is InChI=1S/C18H18Cl2N4O/c1-10-22-16-15(13-7-6-12(19)9-14(13)20)24-25-17(16)18(23-10)21-8-2-3-11-4-5-11/h6-7,9,11H,2-5,8H2,1H3,(H,21,22,23). The molecule has 1 saturated carbocycles. The Balaban J connectivity index is 1.65. The van der Waals surface area contributed by atoms with Crippen molar-refractivity contribution in [2.75, 3.05) is 11.9 Å². The van der Waals surface area contributed by atoms with Gasteiger partial charge in [-0.1, -0.05) is 41.2 Å². The molecule has 0 aliphatic heterocycles. The van der Waals surface area contributed by atoms with Gasteiger partial charge in [-0.2, -0.15) is 0 Å². The first-order chi connectivity index (χ1) is 12.1. The lowest BCUT2D eigenvalue weighted by atomic mass is 10.1. The molecule has 0 saturated heterocycles. The van der Waals surface area contributed by atoms with Gasteiger partial charge < -0.3 is 9.84 Å². The van der Waals surface area contributed by atoms with E-state index < -0.39 is 0 Å². The lowest BCUT2D eigenvalue weighted by Crippen LogP contribution is -2.05. The van der Waals surface area contributed by atoms with Crippen LogP contribution in [-0.4, -0.2) is 21.7 Å². The third-order valence-corrected chi connectivity index (χ3v) is 4.94. The molecule has 0 radical (unpaired) electrons. The number of aromatic nitrogens is 3. The summed E-state index contributed by atoms with van der Waals surface area (Å²) >= 11 is 12.3. The molecule has 0 amide bonds. The number of nitrogens with one attached hydrogen (secondary N) is 1. The average Bonchev–Trinajstić information content (AvgIpc) is 3.30. The Bertz CT molecular complexity index is 921. The number of hydrogen-bond donors (Lipinski definition) is 1. The van der Waals surface area contributed by atoms with E-state index in [1.807, 2.05) is 13.0 Å². The first-order valence-corrected chi connectivity index (χ1v) is 9.20. The Hall–Kier alpha value is -1.85. The maximum absolute atomic E-state index is 6.31. The summed E-state index contributed by atoms with van der Waals surface area (Å²) in [4.78, 5) is 8.97. The number of nitrogens with zero attached hydrogens (tertiary/aromatic N) is 3. The molecule has 0 spiro atoms. The molecule has 1 aliphatic rings. The highest BCUT2D eigenvalue weighted by molar-refractivity contribution is 6.36. The third-order valence-electron chi connectivity index (χ3n) is 4.39. The second-order valence-corrected chi connectivity index (χ2v) is 7.31. The van der Waals surface area contributed by atoms with Crippen LogP contribution in [0, 0.1) is 12.8 Å². The van der Waals surface area contributed by atoms with E-state index >= 15 is 0 Å². The van der Waals surface area contributed by atoms with E-state index in [9.17, 15) is 0 Å². The van der Waals surface area contributed by atoms with Gasteiger partial charge >= 0.3 is 0 Å². The first kappa shape index (κ1) is 16.6. The minimum absolute atomic E-state index is 0.512. The van der Waals surface area contributed by atoms with Crippen LogP contribution in [0.4, 0.5) is 5.82 Å². The van der Waals surface area contributed by atoms with Crippen LogP contribution in [0.25, 0.3) is 22.4 Å². The van der Waals surface area contributed by atoms with Gasteiger partial charge in [0.2, 0.25) is 5.58 Å². The summed E-state index contributed by atoms with van der Waals surface area (Å²) in [5.74, 6) is 2.27. The largest absolute Gasteiger partial charge is 0.367 e. The van der Waals surface area contributed by atoms with E-state index in [2.05, 4.69) is 20.4 Å². The number of benzene rings is 1. The van der Waals surface area contributed by atoms with Gasteiger partial charge in [0.15, 0.2) is 5.82 Å². The second-order valence-electron chi connectivity index (χ2n) is 6.46. The van der Waals surface area contributed by atoms with Crippen molar-refractivity contribution < 1.29 is 4.52 Å². The Kier molecular flexibility index (Phi) is 4.52. The summed E-state index contributed by atoms with van der Waals surface area (Å²) in [6.07, 6.45) is 5.15. The van der Waals surface area contributed by atoms with Gasteiger partial charge in [0.25, 0.3) is 0 Å². The lowest BCUT2D eigenvalue weighted by Gasteiger charge is -2.06. The van der Waals surface area contributed by atoms with Gasteiger partial charge in [0.1, 0.15) is 17.0 Å². The highest BCUT2D eigenvalue weighted by Crippen LogP contribution is 2.36. The quantitative estimate of drug-likeness (QED) is 0.575. The Morgan fingerprint density at radius 2 is 2.08 bits per heavy atom. The Labute approximate surface area is 155 Å². The van der Waals surface area contributed by atoms with Crippen molar-refractivity contribution in [2.24, 2.45) is 5.92 Å². The van der Waals surface area contributed by atoms with E-state index in [-0.39, 0.29) is 0 Å². The topological polar surface area (TPSA) is 63.8 Å². The minimum atomic E-state index is 0.512. The highest BCUT2D eigenvalue weighted by atomic mass is 35.5. The van der Waals surface area contributed by atoms with Crippen LogP contribution >= 0.6 is 23.2 Å². The van der Waals surface area contributed by atoms with Crippen molar-refractivity contribution in [3.8, 4) is 11.3 Å². The van der Waals surface area contributed by atoms with Gasteiger partial charge in [0, 0.05) is 17.1 Å². The molecule has 0 bridgehead atoms. The third kappa shape index (κ3) is 3.58. The van der Waals surface area contributed by atoms with Crippen LogP contribution in [-0.2, 0) is 0 Å². The highest BCUT2D eigenvalue weighted by Gasteiger charge is 2.21. The molecule has 1 aliphatic carbocycles. The van der Waals surface area contributed by atoms with Gasteiger partial charge in [-0.3, -0.25) is 0 Å². The van der Waals surface area contributed by atoms with E-state index in [1.165, 1.54) is 19.3 Å². The number of halogens is 2.